The molecule has 0 fully saturated rings. The molecular weight excluding hydrogens is 166 g/mol. The van der Waals surface area contributed by atoms with Gasteiger partial charge in [0.1, 0.15) is 5.75 Å². The van der Waals surface area contributed by atoms with Gasteiger partial charge < -0.3 is 9.94 Å². The van der Waals surface area contributed by atoms with Crippen LogP contribution in [0.5, 0.6) is 5.75 Å². The number of hydrogen-bond donors (Lipinski definition) is 1. The quantitative estimate of drug-likeness (QED) is 0.485. The fourth-order valence-corrected chi connectivity index (χ4v) is 1.52. The monoisotopic (exact) mass is 177 g/mol. The standard InChI is InChI=1S/C10H11NO2/c1-7-6-13-9-5-3-2-4-8(9)10(7)11-12/h2-5,7,12H,6H2,1H3/b11-10-. The molecule has 0 spiro atoms. The molecule has 1 N–H and O–H groups in total. The Morgan fingerprint density at radius 1 is 1.46 bits per heavy atom. The van der Waals surface area contributed by atoms with Gasteiger partial charge in [-0.1, -0.05) is 24.2 Å². The average molecular weight is 177 g/mol. The van der Waals surface area contributed by atoms with Crippen molar-refractivity contribution in [3.63, 3.8) is 0 Å². The molecule has 13 heavy (non-hydrogen) atoms. The van der Waals surface area contributed by atoms with Crippen LogP contribution >= 0.6 is 0 Å². The molecule has 1 unspecified atom stereocenters. The SMILES string of the molecule is CC1COc2ccccc2/C1=N\O. The molecule has 0 aromatic heterocycles. The third-order valence-electron chi connectivity index (χ3n) is 2.23. The molecule has 3 nitrogen and oxygen atoms in total. The van der Waals surface area contributed by atoms with Gasteiger partial charge in [-0.15, -0.1) is 0 Å². The molecule has 68 valence electrons. The van der Waals surface area contributed by atoms with Crippen LogP contribution in [0.2, 0.25) is 0 Å². The number of oxime groups is 1. The van der Waals surface area contributed by atoms with Gasteiger partial charge in [0.15, 0.2) is 0 Å². The van der Waals surface area contributed by atoms with Crippen LogP contribution in [-0.4, -0.2) is 17.5 Å². The van der Waals surface area contributed by atoms with E-state index < -0.39 is 0 Å². The molecule has 1 aromatic carbocycles. The number of rotatable bonds is 0. The zero-order valence-electron chi connectivity index (χ0n) is 7.40. The van der Waals surface area contributed by atoms with Gasteiger partial charge in [-0.25, -0.2) is 0 Å². The second kappa shape index (κ2) is 3.09. The Bertz CT molecular complexity index is 347. The molecule has 3 heteroatoms. The van der Waals surface area contributed by atoms with Crippen molar-refractivity contribution in [2.24, 2.45) is 11.1 Å². The largest absolute Gasteiger partial charge is 0.492 e. The number of para-hydroxylation sites is 1. The molecule has 0 saturated heterocycles. The highest BCUT2D eigenvalue weighted by molar-refractivity contribution is 6.04. The van der Waals surface area contributed by atoms with Gasteiger partial charge in [0.25, 0.3) is 0 Å². The summed E-state index contributed by atoms with van der Waals surface area (Å²) in [6, 6.07) is 7.60. The summed E-state index contributed by atoms with van der Waals surface area (Å²) in [5.41, 5.74) is 1.60. The summed E-state index contributed by atoms with van der Waals surface area (Å²) in [5, 5.41) is 12.1. The number of benzene rings is 1. The molecule has 0 radical (unpaired) electrons. The van der Waals surface area contributed by atoms with Crippen molar-refractivity contribution in [2.45, 2.75) is 6.92 Å². The second-order valence-corrected chi connectivity index (χ2v) is 3.19. The summed E-state index contributed by atoms with van der Waals surface area (Å²) in [5.74, 6) is 0.952. The van der Waals surface area contributed by atoms with Gasteiger partial charge in [0, 0.05) is 11.5 Å². The van der Waals surface area contributed by atoms with E-state index in [9.17, 15) is 0 Å². The van der Waals surface area contributed by atoms with E-state index in [4.69, 9.17) is 9.94 Å². The molecule has 2 rings (SSSR count). The van der Waals surface area contributed by atoms with Crippen LogP contribution in [0.4, 0.5) is 0 Å². The van der Waals surface area contributed by atoms with Crippen molar-refractivity contribution in [3.05, 3.63) is 29.8 Å². The molecule has 1 atom stereocenters. The van der Waals surface area contributed by atoms with Crippen LogP contribution in [0.1, 0.15) is 12.5 Å². The molecule has 1 aliphatic heterocycles. The van der Waals surface area contributed by atoms with E-state index in [1.165, 1.54) is 0 Å². The van der Waals surface area contributed by atoms with Crippen molar-refractivity contribution < 1.29 is 9.94 Å². The summed E-state index contributed by atoms with van der Waals surface area (Å²) < 4.78 is 5.48. The fraction of sp³-hybridized carbons (Fsp3) is 0.300. The van der Waals surface area contributed by atoms with Crippen molar-refractivity contribution in [1.29, 1.82) is 0 Å². The minimum atomic E-state index is 0.153. The predicted molar refractivity (Wildman–Crippen MR) is 49.4 cm³/mol. The summed E-state index contributed by atoms with van der Waals surface area (Å²) >= 11 is 0. The van der Waals surface area contributed by atoms with Gasteiger partial charge in [0.2, 0.25) is 0 Å². The van der Waals surface area contributed by atoms with E-state index in [-0.39, 0.29) is 5.92 Å². The maximum Gasteiger partial charge on any atom is 0.128 e. The number of nitrogens with zero attached hydrogens (tertiary/aromatic N) is 1. The third-order valence-corrected chi connectivity index (χ3v) is 2.23. The maximum atomic E-state index is 8.84. The first kappa shape index (κ1) is 8.10. The topological polar surface area (TPSA) is 41.8 Å². The third kappa shape index (κ3) is 1.26. The fourth-order valence-electron chi connectivity index (χ4n) is 1.52. The first-order valence-electron chi connectivity index (χ1n) is 4.27. The van der Waals surface area contributed by atoms with Crippen molar-refractivity contribution in [2.75, 3.05) is 6.61 Å². The molecule has 1 heterocycles. The lowest BCUT2D eigenvalue weighted by Gasteiger charge is -2.22. The molecule has 0 aliphatic carbocycles. The molecule has 0 amide bonds. The van der Waals surface area contributed by atoms with Gasteiger partial charge in [0.05, 0.1) is 12.3 Å². The molecule has 0 saturated carbocycles. The van der Waals surface area contributed by atoms with E-state index in [1.807, 2.05) is 31.2 Å². The lowest BCUT2D eigenvalue weighted by atomic mass is 9.96. The second-order valence-electron chi connectivity index (χ2n) is 3.19. The minimum Gasteiger partial charge on any atom is -0.492 e. The Kier molecular flexibility index (Phi) is 1.93. The maximum absolute atomic E-state index is 8.84. The molecule has 1 aromatic rings. The zero-order valence-corrected chi connectivity index (χ0v) is 7.40. The zero-order chi connectivity index (χ0) is 9.26. The van der Waals surface area contributed by atoms with E-state index >= 15 is 0 Å². The highest BCUT2D eigenvalue weighted by atomic mass is 16.5. The Morgan fingerprint density at radius 2 is 2.23 bits per heavy atom. The highest BCUT2D eigenvalue weighted by Gasteiger charge is 2.23. The first-order valence-corrected chi connectivity index (χ1v) is 4.27. The Balaban J connectivity index is 2.52. The van der Waals surface area contributed by atoms with E-state index in [2.05, 4.69) is 5.16 Å². The van der Waals surface area contributed by atoms with Gasteiger partial charge in [-0.3, -0.25) is 0 Å². The number of fused-ring (bicyclic) bond motifs is 1. The molecule has 1 aliphatic rings. The van der Waals surface area contributed by atoms with E-state index in [1.54, 1.807) is 0 Å². The number of hydrogen-bond acceptors (Lipinski definition) is 3. The van der Waals surface area contributed by atoms with Crippen LogP contribution in [0.15, 0.2) is 29.4 Å². The normalized spacial score (nSPS) is 23.8. The van der Waals surface area contributed by atoms with Crippen LogP contribution in [0.3, 0.4) is 0 Å². The van der Waals surface area contributed by atoms with Gasteiger partial charge in [-0.05, 0) is 12.1 Å². The van der Waals surface area contributed by atoms with Crippen molar-refractivity contribution in [3.8, 4) is 5.75 Å². The van der Waals surface area contributed by atoms with Gasteiger partial charge in [-0.2, -0.15) is 0 Å². The van der Waals surface area contributed by atoms with E-state index in [0.717, 1.165) is 11.3 Å². The van der Waals surface area contributed by atoms with Crippen molar-refractivity contribution >= 4 is 5.71 Å². The van der Waals surface area contributed by atoms with Crippen LogP contribution < -0.4 is 4.74 Å². The van der Waals surface area contributed by atoms with Crippen LogP contribution in [-0.2, 0) is 0 Å². The van der Waals surface area contributed by atoms with Gasteiger partial charge >= 0.3 is 0 Å². The highest BCUT2D eigenvalue weighted by Crippen LogP contribution is 2.26. The van der Waals surface area contributed by atoms with Crippen LogP contribution in [0, 0.1) is 5.92 Å². The lowest BCUT2D eigenvalue weighted by Crippen LogP contribution is -2.25. The predicted octanol–water partition coefficient (Wildman–Crippen LogP) is 1.89. The summed E-state index contributed by atoms with van der Waals surface area (Å²) in [4.78, 5) is 0. The smallest absolute Gasteiger partial charge is 0.128 e. The van der Waals surface area contributed by atoms with Crippen LogP contribution in [0.25, 0.3) is 0 Å². The summed E-state index contributed by atoms with van der Waals surface area (Å²) in [6.07, 6.45) is 0. The van der Waals surface area contributed by atoms with E-state index in [0.29, 0.717) is 12.3 Å². The average Bonchev–Trinajstić information content (AvgIpc) is 2.18. The van der Waals surface area contributed by atoms with Crippen molar-refractivity contribution in [1.82, 2.24) is 0 Å². The Hall–Kier alpha value is -1.51. The Morgan fingerprint density at radius 3 is 3.00 bits per heavy atom. The summed E-state index contributed by atoms with van der Waals surface area (Å²) in [6.45, 7) is 2.56. The molecule has 0 bridgehead atoms. The summed E-state index contributed by atoms with van der Waals surface area (Å²) in [7, 11) is 0. The first-order chi connectivity index (χ1) is 6.33. The minimum absolute atomic E-state index is 0.153. The Labute approximate surface area is 76.6 Å². The lowest BCUT2D eigenvalue weighted by molar-refractivity contribution is 0.268. The molecular formula is C10H11NO2. The number of ether oxygens (including phenoxy) is 1.